The highest BCUT2D eigenvalue weighted by atomic mass is 32.2. The number of aromatic nitrogens is 1. The van der Waals surface area contributed by atoms with Gasteiger partial charge in [0.15, 0.2) is 5.76 Å². The molecule has 0 aliphatic carbocycles. The molecule has 1 saturated heterocycles. The van der Waals surface area contributed by atoms with E-state index in [-0.39, 0.29) is 5.91 Å². The number of carbonyl (C=O) groups excluding carboxylic acids is 1. The number of nitrogens with zero attached hydrogens (tertiary/aromatic N) is 3. The summed E-state index contributed by atoms with van der Waals surface area (Å²) in [5, 5.41) is 9.25. The first-order valence-electron chi connectivity index (χ1n) is 9.79. The van der Waals surface area contributed by atoms with Gasteiger partial charge in [-0.2, -0.15) is 0 Å². The van der Waals surface area contributed by atoms with Crippen molar-refractivity contribution in [3.05, 3.63) is 29.3 Å². The Balaban J connectivity index is 1.39. The van der Waals surface area contributed by atoms with Crippen LogP contribution in [0.2, 0.25) is 0 Å². The molecule has 0 saturated carbocycles. The number of thiophene rings is 1. The Morgan fingerprint density at radius 2 is 2.14 bits per heavy atom. The Morgan fingerprint density at radius 1 is 1.36 bits per heavy atom. The van der Waals surface area contributed by atoms with Crippen molar-refractivity contribution in [2.75, 3.05) is 45.5 Å². The highest BCUT2D eigenvalue weighted by Gasteiger charge is 2.25. The number of nitrogens with one attached hydrogen (secondary N) is 1. The second kappa shape index (κ2) is 10.4. The number of likely N-dealkylation sites (N-methyl/N-ethyl adjacent to an activating group) is 1. The fourth-order valence-electron chi connectivity index (χ4n) is 3.37. The largest absolute Gasteiger partial charge is 0.355 e. The molecule has 0 radical (unpaired) electrons. The zero-order valence-corrected chi connectivity index (χ0v) is 18.5. The molecule has 0 spiro atoms. The van der Waals surface area contributed by atoms with Crippen LogP contribution < -0.4 is 5.32 Å². The lowest BCUT2D eigenvalue weighted by Crippen LogP contribution is -2.54. The van der Waals surface area contributed by atoms with E-state index in [1.54, 1.807) is 23.1 Å². The first kappa shape index (κ1) is 21.4. The van der Waals surface area contributed by atoms with Crippen LogP contribution >= 0.6 is 23.1 Å². The van der Waals surface area contributed by atoms with E-state index < -0.39 is 0 Å². The molecule has 1 aliphatic rings. The second-order valence-electron chi connectivity index (χ2n) is 7.61. The fourth-order valence-corrected chi connectivity index (χ4v) is 4.78. The minimum Gasteiger partial charge on any atom is -0.355 e. The maximum absolute atomic E-state index is 12.3. The average Bonchev–Trinajstić information content (AvgIpc) is 3.34. The molecule has 2 aromatic heterocycles. The van der Waals surface area contributed by atoms with Crippen molar-refractivity contribution < 1.29 is 9.32 Å². The molecule has 0 bridgehead atoms. The van der Waals surface area contributed by atoms with E-state index in [4.69, 9.17) is 4.52 Å². The molecule has 0 aromatic carbocycles. The van der Waals surface area contributed by atoms with Gasteiger partial charge in [0.2, 0.25) is 5.91 Å². The lowest BCUT2D eigenvalue weighted by atomic mass is 10.0. The highest BCUT2D eigenvalue weighted by Crippen LogP contribution is 2.26. The van der Waals surface area contributed by atoms with E-state index in [1.165, 1.54) is 0 Å². The normalized spacial score (nSPS) is 17.1. The zero-order chi connectivity index (χ0) is 19.9. The lowest BCUT2D eigenvalue weighted by Gasteiger charge is -2.39. The van der Waals surface area contributed by atoms with Gasteiger partial charge >= 0.3 is 0 Å². The van der Waals surface area contributed by atoms with Crippen molar-refractivity contribution in [3.63, 3.8) is 0 Å². The van der Waals surface area contributed by atoms with Crippen molar-refractivity contribution in [2.24, 2.45) is 5.92 Å². The number of thioether (sulfide) groups is 1. The molecule has 3 rings (SSSR count). The number of hydrogen-bond acceptors (Lipinski definition) is 7. The van der Waals surface area contributed by atoms with Crippen molar-refractivity contribution in [3.8, 4) is 10.6 Å². The quantitative estimate of drug-likeness (QED) is 0.670. The van der Waals surface area contributed by atoms with Gasteiger partial charge in [0.25, 0.3) is 0 Å². The molecule has 1 amide bonds. The summed E-state index contributed by atoms with van der Waals surface area (Å²) < 4.78 is 5.38. The van der Waals surface area contributed by atoms with E-state index in [1.807, 2.05) is 23.6 Å². The minimum absolute atomic E-state index is 0.0896. The standard InChI is InChI=1S/C20H30N4O2S2/c1-15(2)17(24-8-6-23(3)7-9-24)12-21-20(25)14-27-13-16-11-18(26-22-16)19-5-4-10-28-19/h4-5,10-11,15,17H,6-9,12-14H2,1-3H3,(H,21,25). The van der Waals surface area contributed by atoms with E-state index in [0.29, 0.717) is 30.0 Å². The van der Waals surface area contributed by atoms with Gasteiger partial charge in [-0.1, -0.05) is 25.1 Å². The van der Waals surface area contributed by atoms with Crippen molar-refractivity contribution >= 4 is 29.0 Å². The summed E-state index contributed by atoms with van der Waals surface area (Å²) in [7, 11) is 2.17. The molecule has 1 aliphatic heterocycles. The smallest absolute Gasteiger partial charge is 0.230 e. The van der Waals surface area contributed by atoms with Gasteiger partial charge in [-0.3, -0.25) is 9.69 Å². The number of piperazine rings is 1. The summed E-state index contributed by atoms with van der Waals surface area (Å²) in [5.41, 5.74) is 0.874. The van der Waals surface area contributed by atoms with Gasteiger partial charge in [-0.15, -0.1) is 23.1 Å². The Hall–Kier alpha value is -1.35. The second-order valence-corrected chi connectivity index (χ2v) is 9.54. The van der Waals surface area contributed by atoms with E-state index in [0.717, 1.165) is 42.5 Å². The maximum Gasteiger partial charge on any atom is 0.230 e. The molecule has 3 heterocycles. The average molecular weight is 423 g/mol. The topological polar surface area (TPSA) is 61.6 Å². The third-order valence-corrected chi connectivity index (χ3v) is 6.94. The van der Waals surface area contributed by atoms with Crippen LogP contribution in [-0.2, 0) is 10.5 Å². The zero-order valence-electron chi connectivity index (χ0n) is 16.9. The Morgan fingerprint density at radius 3 is 2.82 bits per heavy atom. The van der Waals surface area contributed by atoms with Crippen LogP contribution in [0.25, 0.3) is 10.6 Å². The van der Waals surface area contributed by atoms with Crippen LogP contribution in [0.5, 0.6) is 0 Å². The molecule has 1 fully saturated rings. The minimum atomic E-state index is 0.0896. The summed E-state index contributed by atoms with van der Waals surface area (Å²) in [5.74, 6) is 2.51. The third-order valence-electron chi connectivity index (χ3n) is 5.09. The first-order valence-corrected chi connectivity index (χ1v) is 11.8. The molecular formula is C20H30N4O2S2. The Kier molecular flexibility index (Phi) is 7.96. The fraction of sp³-hybridized carbons (Fsp3) is 0.600. The van der Waals surface area contributed by atoms with Crippen LogP contribution in [0.15, 0.2) is 28.1 Å². The van der Waals surface area contributed by atoms with Gasteiger partial charge in [0.1, 0.15) is 0 Å². The maximum atomic E-state index is 12.3. The van der Waals surface area contributed by atoms with Crippen LogP contribution in [0.4, 0.5) is 0 Å². The Labute approximate surface area is 175 Å². The summed E-state index contributed by atoms with van der Waals surface area (Å²) >= 11 is 3.20. The molecule has 1 atom stereocenters. The van der Waals surface area contributed by atoms with Gasteiger partial charge in [-0.25, -0.2) is 0 Å². The van der Waals surface area contributed by atoms with E-state index >= 15 is 0 Å². The summed E-state index contributed by atoms with van der Waals surface area (Å²) in [6.07, 6.45) is 0. The van der Waals surface area contributed by atoms with Gasteiger partial charge in [0.05, 0.1) is 16.3 Å². The lowest BCUT2D eigenvalue weighted by molar-refractivity contribution is -0.118. The molecule has 154 valence electrons. The molecule has 2 aromatic rings. The predicted octanol–water partition coefficient (Wildman–Crippen LogP) is 3.02. The van der Waals surface area contributed by atoms with Gasteiger partial charge in [0, 0.05) is 50.6 Å². The molecule has 28 heavy (non-hydrogen) atoms. The number of rotatable bonds is 9. The number of carbonyl (C=O) groups is 1. The Bertz CT molecular complexity index is 724. The van der Waals surface area contributed by atoms with Crippen molar-refractivity contribution in [1.29, 1.82) is 0 Å². The first-order chi connectivity index (χ1) is 13.5. The molecular weight excluding hydrogens is 392 g/mol. The molecule has 1 N–H and O–H groups in total. The van der Waals surface area contributed by atoms with E-state index in [9.17, 15) is 4.79 Å². The summed E-state index contributed by atoms with van der Waals surface area (Å²) in [4.78, 5) is 18.2. The van der Waals surface area contributed by atoms with Crippen LogP contribution in [0.1, 0.15) is 19.5 Å². The van der Waals surface area contributed by atoms with Gasteiger partial charge in [-0.05, 0) is 24.4 Å². The third kappa shape index (κ3) is 6.07. The van der Waals surface area contributed by atoms with Gasteiger partial charge < -0.3 is 14.7 Å². The number of amides is 1. The van der Waals surface area contributed by atoms with Crippen LogP contribution in [0, 0.1) is 5.92 Å². The molecule has 6 nitrogen and oxygen atoms in total. The highest BCUT2D eigenvalue weighted by molar-refractivity contribution is 7.99. The molecule has 8 heteroatoms. The van der Waals surface area contributed by atoms with Crippen LogP contribution in [0.3, 0.4) is 0 Å². The predicted molar refractivity (Wildman–Crippen MR) is 117 cm³/mol. The monoisotopic (exact) mass is 422 g/mol. The van der Waals surface area contributed by atoms with Crippen molar-refractivity contribution in [1.82, 2.24) is 20.3 Å². The van der Waals surface area contributed by atoms with E-state index in [2.05, 4.69) is 41.2 Å². The van der Waals surface area contributed by atoms with Crippen LogP contribution in [-0.4, -0.2) is 72.4 Å². The summed E-state index contributed by atoms with van der Waals surface area (Å²) in [6, 6.07) is 6.36. The molecule has 1 unspecified atom stereocenters. The van der Waals surface area contributed by atoms with Crippen molar-refractivity contribution in [2.45, 2.75) is 25.6 Å². The summed E-state index contributed by atoms with van der Waals surface area (Å²) in [6.45, 7) is 9.52. The SMILES string of the molecule is CC(C)C(CNC(=O)CSCc1cc(-c2cccs2)on1)N1CCN(C)CC1. The number of hydrogen-bond donors (Lipinski definition) is 1.